The highest BCUT2D eigenvalue weighted by molar-refractivity contribution is 5.76. The molecule has 3 amide bonds. The van der Waals surface area contributed by atoms with Gasteiger partial charge >= 0.3 is 6.03 Å². The number of urea groups is 1. The molecule has 1 aromatic carbocycles. The maximum atomic E-state index is 12.4. The fourth-order valence-corrected chi connectivity index (χ4v) is 4.13. The van der Waals surface area contributed by atoms with Crippen molar-refractivity contribution in [3.63, 3.8) is 0 Å². The van der Waals surface area contributed by atoms with Crippen LogP contribution in [0.4, 0.5) is 4.79 Å². The highest BCUT2D eigenvalue weighted by Crippen LogP contribution is 2.22. The van der Waals surface area contributed by atoms with E-state index in [4.69, 9.17) is 4.74 Å². The molecular formula is C22H33N3O3. The van der Waals surface area contributed by atoms with Gasteiger partial charge in [-0.25, -0.2) is 4.79 Å². The van der Waals surface area contributed by atoms with Crippen molar-refractivity contribution < 1.29 is 14.3 Å². The molecule has 1 aromatic rings. The number of carbonyl (C=O) groups excluding carboxylic acids is 2. The third kappa shape index (κ3) is 6.14. The largest absolute Gasteiger partial charge is 0.497 e. The third-order valence-electron chi connectivity index (χ3n) is 5.96. The summed E-state index contributed by atoms with van der Waals surface area (Å²) in [5, 5.41) is 6.19. The molecular weight excluding hydrogens is 354 g/mol. The molecule has 0 spiro atoms. The van der Waals surface area contributed by atoms with Gasteiger partial charge in [-0.3, -0.25) is 4.79 Å². The molecule has 0 aromatic heterocycles. The molecule has 0 radical (unpaired) electrons. The lowest BCUT2D eigenvalue weighted by molar-refractivity contribution is -0.122. The average molecular weight is 388 g/mol. The summed E-state index contributed by atoms with van der Waals surface area (Å²) in [5.41, 5.74) is 1.06. The van der Waals surface area contributed by atoms with Crippen LogP contribution in [0.25, 0.3) is 0 Å². The molecule has 0 bridgehead atoms. The zero-order valence-corrected chi connectivity index (χ0v) is 16.9. The summed E-state index contributed by atoms with van der Waals surface area (Å²) in [4.78, 5) is 26.6. The smallest absolute Gasteiger partial charge is 0.317 e. The molecule has 28 heavy (non-hydrogen) atoms. The number of likely N-dealkylation sites (tertiary alicyclic amines) is 1. The molecule has 0 unspecified atom stereocenters. The minimum atomic E-state index is 0.0781. The Morgan fingerprint density at radius 2 is 1.71 bits per heavy atom. The molecule has 2 aliphatic rings. The van der Waals surface area contributed by atoms with Crippen LogP contribution in [0, 0.1) is 5.92 Å². The van der Waals surface area contributed by atoms with Gasteiger partial charge in [0.25, 0.3) is 0 Å². The number of methoxy groups -OCH3 is 1. The van der Waals surface area contributed by atoms with Gasteiger partial charge < -0.3 is 20.3 Å². The maximum absolute atomic E-state index is 12.4. The Hall–Kier alpha value is -2.24. The van der Waals surface area contributed by atoms with E-state index in [0.29, 0.717) is 24.9 Å². The van der Waals surface area contributed by atoms with Gasteiger partial charge in [0.05, 0.1) is 7.11 Å². The molecule has 1 aliphatic heterocycles. The van der Waals surface area contributed by atoms with Crippen molar-refractivity contribution in [2.75, 3.05) is 20.2 Å². The van der Waals surface area contributed by atoms with E-state index in [0.717, 1.165) is 50.1 Å². The van der Waals surface area contributed by atoms with E-state index in [-0.39, 0.29) is 11.9 Å². The first-order chi connectivity index (χ1) is 13.6. The van der Waals surface area contributed by atoms with Crippen LogP contribution in [-0.2, 0) is 11.3 Å². The molecule has 1 saturated heterocycles. The first kappa shape index (κ1) is 20.5. The average Bonchev–Trinajstić information content (AvgIpc) is 2.74. The van der Waals surface area contributed by atoms with Crippen LogP contribution in [-0.4, -0.2) is 43.1 Å². The van der Waals surface area contributed by atoms with Crippen LogP contribution in [0.1, 0.15) is 56.9 Å². The van der Waals surface area contributed by atoms with Gasteiger partial charge in [-0.1, -0.05) is 31.4 Å². The van der Waals surface area contributed by atoms with Crippen molar-refractivity contribution in [3.8, 4) is 5.75 Å². The summed E-state index contributed by atoms with van der Waals surface area (Å²) < 4.78 is 5.14. The number of piperidine rings is 1. The Balaban J connectivity index is 1.33. The topological polar surface area (TPSA) is 70.7 Å². The van der Waals surface area contributed by atoms with E-state index in [9.17, 15) is 9.59 Å². The Labute approximate surface area is 168 Å². The minimum Gasteiger partial charge on any atom is -0.497 e. The van der Waals surface area contributed by atoms with Crippen molar-refractivity contribution >= 4 is 11.9 Å². The Kier molecular flexibility index (Phi) is 7.57. The first-order valence-electron chi connectivity index (χ1n) is 10.6. The van der Waals surface area contributed by atoms with E-state index in [1.807, 2.05) is 29.2 Å². The second-order valence-electron chi connectivity index (χ2n) is 8.04. The number of nitrogens with zero attached hydrogens (tertiary/aromatic N) is 1. The lowest BCUT2D eigenvalue weighted by atomic mass is 9.93. The summed E-state index contributed by atoms with van der Waals surface area (Å²) >= 11 is 0. The van der Waals surface area contributed by atoms with Gasteiger partial charge in [-0.15, -0.1) is 0 Å². The van der Waals surface area contributed by atoms with E-state index in [1.165, 1.54) is 19.3 Å². The molecule has 0 atom stereocenters. The van der Waals surface area contributed by atoms with Gasteiger partial charge in [-0.05, 0) is 49.3 Å². The number of hydrogen-bond acceptors (Lipinski definition) is 3. The Morgan fingerprint density at radius 1 is 1.04 bits per heavy atom. The number of hydrogen-bond donors (Lipinski definition) is 2. The van der Waals surface area contributed by atoms with Crippen molar-refractivity contribution in [3.05, 3.63) is 29.8 Å². The van der Waals surface area contributed by atoms with Crippen LogP contribution < -0.4 is 15.4 Å². The molecule has 6 nitrogen and oxygen atoms in total. The number of amides is 3. The molecule has 2 N–H and O–H groups in total. The second kappa shape index (κ2) is 10.3. The quantitative estimate of drug-likeness (QED) is 0.785. The molecule has 3 rings (SSSR count). The first-order valence-corrected chi connectivity index (χ1v) is 10.6. The standard InChI is InChI=1S/C22H33N3O3/c1-28-20-9-7-18(8-10-20)16-23-21(26)15-17-11-13-25(14-12-17)22(27)24-19-5-3-2-4-6-19/h7-10,17,19H,2-6,11-16H2,1H3,(H,23,26)(H,24,27). The predicted molar refractivity (Wildman–Crippen MR) is 109 cm³/mol. The summed E-state index contributed by atoms with van der Waals surface area (Å²) in [6, 6.07) is 8.15. The molecule has 1 heterocycles. The van der Waals surface area contributed by atoms with Crippen LogP contribution in [0.3, 0.4) is 0 Å². The van der Waals surface area contributed by atoms with Crippen molar-refractivity contribution in [2.24, 2.45) is 5.92 Å². The second-order valence-corrected chi connectivity index (χ2v) is 8.04. The highest BCUT2D eigenvalue weighted by Gasteiger charge is 2.26. The molecule has 2 fully saturated rings. The molecule has 1 aliphatic carbocycles. The fraction of sp³-hybridized carbons (Fsp3) is 0.636. The fourth-order valence-electron chi connectivity index (χ4n) is 4.13. The summed E-state index contributed by atoms with van der Waals surface area (Å²) in [7, 11) is 1.64. The predicted octanol–water partition coefficient (Wildman–Crippen LogP) is 3.46. The monoisotopic (exact) mass is 387 g/mol. The zero-order chi connectivity index (χ0) is 19.8. The Morgan fingerprint density at radius 3 is 2.36 bits per heavy atom. The van der Waals surface area contributed by atoms with Crippen LogP contribution in [0.5, 0.6) is 5.75 Å². The van der Waals surface area contributed by atoms with Gasteiger partial charge in [0.1, 0.15) is 5.75 Å². The van der Waals surface area contributed by atoms with Gasteiger partial charge in [-0.2, -0.15) is 0 Å². The molecule has 154 valence electrons. The van der Waals surface area contributed by atoms with Crippen LogP contribution >= 0.6 is 0 Å². The molecule has 6 heteroatoms. The van der Waals surface area contributed by atoms with E-state index in [2.05, 4.69) is 10.6 Å². The SMILES string of the molecule is COc1ccc(CNC(=O)CC2CCN(C(=O)NC3CCCCC3)CC2)cc1. The lowest BCUT2D eigenvalue weighted by Gasteiger charge is -2.33. The highest BCUT2D eigenvalue weighted by atomic mass is 16.5. The normalized spacial score (nSPS) is 18.5. The number of ether oxygens (including phenoxy) is 1. The van der Waals surface area contributed by atoms with E-state index in [1.54, 1.807) is 7.11 Å². The van der Waals surface area contributed by atoms with Crippen molar-refractivity contribution in [1.82, 2.24) is 15.5 Å². The Bertz CT molecular complexity index is 633. The van der Waals surface area contributed by atoms with Crippen LogP contribution in [0.2, 0.25) is 0 Å². The van der Waals surface area contributed by atoms with Crippen LogP contribution in [0.15, 0.2) is 24.3 Å². The van der Waals surface area contributed by atoms with E-state index < -0.39 is 0 Å². The van der Waals surface area contributed by atoms with Crippen molar-refractivity contribution in [1.29, 1.82) is 0 Å². The molecule has 1 saturated carbocycles. The van der Waals surface area contributed by atoms with Gasteiger partial charge in [0.15, 0.2) is 0 Å². The minimum absolute atomic E-state index is 0.0781. The van der Waals surface area contributed by atoms with Crippen molar-refractivity contribution in [2.45, 2.75) is 64.0 Å². The summed E-state index contributed by atoms with van der Waals surface area (Å²) in [6.45, 7) is 2.02. The number of nitrogens with one attached hydrogen (secondary N) is 2. The number of carbonyl (C=O) groups is 2. The number of rotatable bonds is 6. The lowest BCUT2D eigenvalue weighted by Crippen LogP contribution is -2.48. The van der Waals surface area contributed by atoms with Gasteiger partial charge in [0, 0.05) is 32.1 Å². The van der Waals surface area contributed by atoms with Gasteiger partial charge in [0.2, 0.25) is 5.91 Å². The zero-order valence-electron chi connectivity index (χ0n) is 16.9. The maximum Gasteiger partial charge on any atom is 0.317 e. The third-order valence-corrected chi connectivity index (χ3v) is 5.96. The number of benzene rings is 1. The van der Waals surface area contributed by atoms with E-state index >= 15 is 0 Å². The summed E-state index contributed by atoms with van der Waals surface area (Å²) in [5.74, 6) is 1.25. The summed E-state index contributed by atoms with van der Waals surface area (Å²) in [6.07, 6.45) is 8.28.